The van der Waals surface area contributed by atoms with Crippen molar-refractivity contribution in [2.24, 2.45) is 17.8 Å². The van der Waals surface area contributed by atoms with Gasteiger partial charge in [0.25, 0.3) is 0 Å². The molecule has 1 saturated heterocycles. The first-order chi connectivity index (χ1) is 15.9. The van der Waals surface area contributed by atoms with Crippen LogP contribution in [0.15, 0.2) is 59.8 Å². The van der Waals surface area contributed by atoms with Crippen molar-refractivity contribution >= 4 is 0 Å². The molecule has 0 aliphatic carbocycles. The highest BCUT2D eigenvalue weighted by molar-refractivity contribution is 5.07. The van der Waals surface area contributed by atoms with Crippen molar-refractivity contribution in [2.45, 2.75) is 131 Å². The molecule has 0 amide bonds. The summed E-state index contributed by atoms with van der Waals surface area (Å²) in [6.07, 6.45) is 16.9. The molecule has 1 rings (SSSR count). The molecular formula is C33H56O. The Morgan fingerprint density at radius 1 is 0.765 bits per heavy atom. The van der Waals surface area contributed by atoms with Gasteiger partial charge in [-0.15, -0.1) is 0 Å². The van der Waals surface area contributed by atoms with E-state index in [0.29, 0.717) is 23.9 Å². The van der Waals surface area contributed by atoms with E-state index >= 15 is 0 Å². The van der Waals surface area contributed by atoms with E-state index in [1.54, 1.807) is 0 Å². The molecule has 194 valence electrons. The molecule has 0 N–H and O–H groups in total. The van der Waals surface area contributed by atoms with Gasteiger partial charge in [-0.3, -0.25) is 0 Å². The lowest BCUT2D eigenvalue weighted by atomic mass is 9.87. The molecule has 0 spiro atoms. The Hall–Kier alpha value is -1.34. The summed E-state index contributed by atoms with van der Waals surface area (Å²) >= 11 is 0. The van der Waals surface area contributed by atoms with Gasteiger partial charge in [-0.05, 0) is 117 Å². The molecule has 1 fully saturated rings. The van der Waals surface area contributed by atoms with E-state index in [1.807, 2.05) is 0 Å². The van der Waals surface area contributed by atoms with Gasteiger partial charge in [-0.2, -0.15) is 0 Å². The predicted molar refractivity (Wildman–Crippen MR) is 153 cm³/mol. The number of allylic oxidation sites excluding steroid dienone is 7. The Kier molecular flexibility index (Phi) is 13.5. The van der Waals surface area contributed by atoms with Crippen molar-refractivity contribution in [3.8, 4) is 0 Å². The molecule has 1 heteroatoms. The number of rotatable bonds is 18. The van der Waals surface area contributed by atoms with E-state index in [-0.39, 0.29) is 5.60 Å². The third-order valence-corrected chi connectivity index (χ3v) is 8.31. The fraction of sp³-hybridized carbons (Fsp3) is 0.697. The zero-order valence-corrected chi connectivity index (χ0v) is 24.1. The number of hydrogen-bond donors (Lipinski definition) is 0. The van der Waals surface area contributed by atoms with Crippen LogP contribution in [0.1, 0.15) is 120 Å². The van der Waals surface area contributed by atoms with Gasteiger partial charge in [-0.25, -0.2) is 0 Å². The lowest BCUT2D eigenvalue weighted by Gasteiger charge is -2.18. The molecule has 0 aromatic heterocycles. The second-order valence-corrected chi connectivity index (χ2v) is 11.8. The molecule has 34 heavy (non-hydrogen) atoms. The van der Waals surface area contributed by atoms with Crippen LogP contribution in [0.3, 0.4) is 0 Å². The van der Waals surface area contributed by atoms with Crippen LogP contribution in [0.4, 0.5) is 0 Å². The maximum Gasteiger partial charge on any atom is 0.0920 e. The summed E-state index contributed by atoms with van der Waals surface area (Å²) in [6, 6.07) is 0. The summed E-state index contributed by atoms with van der Waals surface area (Å²) in [6.45, 7) is 30.5. The third-order valence-electron chi connectivity index (χ3n) is 8.31. The van der Waals surface area contributed by atoms with Crippen LogP contribution in [0.2, 0.25) is 0 Å². The quantitative estimate of drug-likeness (QED) is 0.144. The summed E-state index contributed by atoms with van der Waals surface area (Å²) < 4.78 is 6.14. The highest BCUT2D eigenvalue weighted by Crippen LogP contribution is 2.44. The molecule has 1 heterocycles. The Balaban J connectivity index is 2.25. The topological polar surface area (TPSA) is 12.5 Å². The van der Waals surface area contributed by atoms with Crippen molar-refractivity contribution in [1.29, 1.82) is 0 Å². The molecule has 0 aromatic rings. The summed E-state index contributed by atoms with van der Waals surface area (Å²) in [5.74, 6) is 1.78. The normalized spacial score (nSPS) is 23.4. The highest BCUT2D eigenvalue weighted by atomic mass is 16.6. The van der Waals surface area contributed by atoms with Crippen molar-refractivity contribution in [2.75, 3.05) is 0 Å². The van der Waals surface area contributed by atoms with Crippen LogP contribution < -0.4 is 0 Å². The molecule has 5 unspecified atom stereocenters. The van der Waals surface area contributed by atoms with Gasteiger partial charge in [0, 0.05) is 0 Å². The van der Waals surface area contributed by atoms with Crippen LogP contribution in [0.25, 0.3) is 0 Å². The molecule has 0 radical (unpaired) electrons. The van der Waals surface area contributed by atoms with E-state index < -0.39 is 0 Å². The van der Waals surface area contributed by atoms with Crippen LogP contribution >= 0.6 is 0 Å². The Bertz CT molecular complexity index is 736. The Labute approximate surface area is 213 Å². The van der Waals surface area contributed by atoms with Crippen molar-refractivity contribution in [1.82, 2.24) is 0 Å². The van der Waals surface area contributed by atoms with Crippen molar-refractivity contribution < 1.29 is 4.74 Å². The largest absolute Gasteiger partial charge is 0.366 e. The van der Waals surface area contributed by atoms with Gasteiger partial charge in [0.15, 0.2) is 0 Å². The maximum atomic E-state index is 6.14. The van der Waals surface area contributed by atoms with E-state index in [2.05, 4.69) is 87.3 Å². The van der Waals surface area contributed by atoms with Crippen LogP contribution in [-0.4, -0.2) is 11.7 Å². The van der Waals surface area contributed by atoms with E-state index in [1.165, 1.54) is 60.0 Å². The molecular weight excluding hydrogens is 412 g/mol. The lowest BCUT2D eigenvalue weighted by molar-refractivity contribution is 0.283. The lowest BCUT2D eigenvalue weighted by Crippen LogP contribution is -2.13. The van der Waals surface area contributed by atoms with Crippen LogP contribution in [0.5, 0.6) is 0 Å². The molecule has 0 saturated carbocycles. The average molecular weight is 469 g/mol. The predicted octanol–water partition coefficient (Wildman–Crippen LogP) is 10.6. The summed E-state index contributed by atoms with van der Waals surface area (Å²) in [7, 11) is 0. The molecule has 0 aromatic carbocycles. The summed E-state index contributed by atoms with van der Waals surface area (Å²) in [4.78, 5) is 0. The first-order valence-electron chi connectivity index (χ1n) is 13.8. The van der Waals surface area contributed by atoms with E-state index in [0.717, 1.165) is 32.1 Å². The maximum absolute atomic E-state index is 6.14. The molecule has 1 nitrogen and oxygen atoms in total. The Morgan fingerprint density at radius 3 is 1.88 bits per heavy atom. The summed E-state index contributed by atoms with van der Waals surface area (Å²) in [5.41, 5.74) is 7.08. The monoisotopic (exact) mass is 468 g/mol. The first-order valence-corrected chi connectivity index (χ1v) is 13.8. The smallest absolute Gasteiger partial charge is 0.0920 e. The van der Waals surface area contributed by atoms with Gasteiger partial charge in [0.1, 0.15) is 0 Å². The zero-order chi connectivity index (χ0) is 25.9. The van der Waals surface area contributed by atoms with Gasteiger partial charge in [0.2, 0.25) is 0 Å². The SMILES string of the molecule is C=C(C)C(C)CCC(=C)C(C)CCC1(C)OC1CCC=C(C)CCC=C(C)CCC(C)C(=C)C. The molecule has 5 atom stereocenters. The molecule has 1 aliphatic rings. The van der Waals surface area contributed by atoms with Crippen molar-refractivity contribution in [3.63, 3.8) is 0 Å². The highest BCUT2D eigenvalue weighted by Gasteiger charge is 2.50. The second kappa shape index (κ2) is 14.9. The minimum atomic E-state index is 0.0854. The first kappa shape index (κ1) is 30.7. The fourth-order valence-electron chi connectivity index (χ4n) is 4.40. The van der Waals surface area contributed by atoms with Crippen LogP contribution in [0, 0.1) is 17.8 Å². The number of epoxide rings is 1. The minimum Gasteiger partial charge on any atom is -0.366 e. The molecule has 1 aliphatic heterocycles. The Morgan fingerprint density at radius 2 is 1.29 bits per heavy atom. The van der Waals surface area contributed by atoms with Gasteiger partial charge < -0.3 is 4.74 Å². The zero-order valence-electron chi connectivity index (χ0n) is 24.1. The fourth-order valence-corrected chi connectivity index (χ4v) is 4.40. The van der Waals surface area contributed by atoms with Gasteiger partial charge in [0.05, 0.1) is 11.7 Å². The number of ether oxygens (including phenoxy) is 1. The second-order valence-electron chi connectivity index (χ2n) is 11.8. The van der Waals surface area contributed by atoms with E-state index in [4.69, 9.17) is 4.74 Å². The summed E-state index contributed by atoms with van der Waals surface area (Å²) in [5, 5.41) is 0. The van der Waals surface area contributed by atoms with E-state index in [9.17, 15) is 0 Å². The number of hydrogen-bond acceptors (Lipinski definition) is 1. The average Bonchev–Trinajstić information content (AvgIpc) is 3.43. The standard InChI is InChI=1S/C33H56O/c1-24(2)28(7)19-18-27(6)15-12-14-26(5)16-13-17-32-33(11,34-32)23-22-31(10)30(9)21-20-29(8)25(3)4/h15-16,28-29,31-32H,1,3,9,12-14,17-23H2,2,4-8,10-11H3. The molecule has 0 bridgehead atoms. The third kappa shape index (κ3) is 11.9. The minimum absolute atomic E-state index is 0.0854. The van der Waals surface area contributed by atoms with Gasteiger partial charge >= 0.3 is 0 Å². The van der Waals surface area contributed by atoms with Crippen LogP contribution in [-0.2, 0) is 4.74 Å². The van der Waals surface area contributed by atoms with Gasteiger partial charge in [-0.1, -0.05) is 80.5 Å². The van der Waals surface area contributed by atoms with Crippen molar-refractivity contribution in [3.05, 3.63) is 59.8 Å².